The maximum Gasteiger partial charge on any atom is -1.00 e. The van der Waals surface area contributed by atoms with Crippen molar-refractivity contribution in [2.45, 2.75) is 23.4 Å². The van der Waals surface area contributed by atoms with E-state index in [4.69, 9.17) is 0 Å². The number of allylic oxidation sites excluding steroid dienone is 8. The monoisotopic (exact) mass is 408 g/mol. The minimum Gasteiger partial charge on any atom is -1.00 e. The Morgan fingerprint density at radius 2 is 2.07 bits per heavy atom. The predicted octanol–water partition coefficient (Wildman–Crippen LogP) is -2.38. The Bertz CT molecular complexity index is 340. The first-order valence-electron chi connectivity index (χ1n) is 4.71. The summed E-state index contributed by atoms with van der Waals surface area (Å²) in [6, 6.07) is 0. The van der Waals surface area contributed by atoms with E-state index in [1.54, 1.807) is 3.33 Å². The average Bonchev–Trinajstić information content (AvgIpc) is 2.62. The van der Waals surface area contributed by atoms with Gasteiger partial charge in [0.25, 0.3) is 0 Å². The van der Waals surface area contributed by atoms with Gasteiger partial charge in [-0.1, -0.05) is 0 Å². The van der Waals surface area contributed by atoms with Crippen molar-refractivity contribution in [3.8, 4) is 0 Å². The molecule has 0 N–H and O–H groups in total. The molecule has 3 heteroatoms. The molecule has 0 radical (unpaired) electrons. The fourth-order valence-corrected chi connectivity index (χ4v) is 7.43. The van der Waals surface area contributed by atoms with Crippen molar-refractivity contribution in [2.24, 2.45) is 0 Å². The second-order valence-corrected chi connectivity index (χ2v) is 11.0. The average molecular weight is 408 g/mol. The van der Waals surface area contributed by atoms with Crippen LogP contribution in [0.4, 0.5) is 0 Å². The van der Waals surface area contributed by atoms with Crippen LogP contribution in [0.1, 0.15) is 20.3 Å². The Morgan fingerprint density at radius 1 is 1.33 bits per heavy atom. The van der Waals surface area contributed by atoms with Gasteiger partial charge < -0.3 is 24.8 Å². The summed E-state index contributed by atoms with van der Waals surface area (Å²) in [4.78, 5) is 0. The van der Waals surface area contributed by atoms with Crippen LogP contribution >= 0.6 is 0 Å². The molecular weight excluding hydrogens is 394 g/mol. The molecule has 0 aliphatic heterocycles. The van der Waals surface area contributed by atoms with Crippen molar-refractivity contribution in [1.82, 2.24) is 0 Å². The van der Waals surface area contributed by atoms with Gasteiger partial charge in [-0.2, -0.15) is 0 Å². The number of hydrogen-bond donors (Lipinski definition) is 0. The maximum absolute atomic E-state index is 2.45. The van der Waals surface area contributed by atoms with Gasteiger partial charge in [0.15, 0.2) is 0 Å². The van der Waals surface area contributed by atoms with Gasteiger partial charge in [-0.15, -0.1) is 0 Å². The molecule has 80 valence electrons. The molecule has 2 rings (SSSR count). The summed E-state index contributed by atoms with van der Waals surface area (Å²) < 4.78 is 2.22. The Morgan fingerprint density at radius 3 is 2.53 bits per heavy atom. The molecule has 0 fully saturated rings. The van der Waals surface area contributed by atoms with Crippen molar-refractivity contribution in [1.29, 1.82) is 0 Å². The zero-order chi connectivity index (χ0) is 9.31. The summed E-state index contributed by atoms with van der Waals surface area (Å²) in [6.07, 6.45) is 15.2. The predicted molar refractivity (Wildman–Crippen MR) is 53.1 cm³/mol. The Hall–Kier alpha value is 0.410. The second kappa shape index (κ2) is 6.22. The SMILES string of the molecule is CC1=C[C](C)([Hf+2][C]2=CC=CC2)C=C1.[Cl-].[Cl-]. The first kappa shape index (κ1) is 15.4. The summed E-state index contributed by atoms with van der Waals surface area (Å²) in [5.41, 5.74) is 1.45. The minimum absolute atomic E-state index is 0. The van der Waals surface area contributed by atoms with E-state index in [1.807, 2.05) is 0 Å². The Kier molecular flexibility index (Phi) is 6.39. The molecule has 0 saturated heterocycles. The summed E-state index contributed by atoms with van der Waals surface area (Å²) in [7, 11) is 0. The van der Waals surface area contributed by atoms with Crippen LogP contribution in [-0.4, -0.2) is 0 Å². The van der Waals surface area contributed by atoms with E-state index < -0.39 is 22.9 Å². The van der Waals surface area contributed by atoms with Gasteiger partial charge in [0.2, 0.25) is 0 Å². The molecular formula is C12H14Cl2Hf. The van der Waals surface area contributed by atoms with Crippen LogP contribution in [0.25, 0.3) is 0 Å². The van der Waals surface area contributed by atoms with Crippen molar-refractivity contribution in [3.05, 3.63) is 45.4 Å². The molecule has 0 aromatic rings. The zero-order valence-electron chi connectivity index (χ0n) is 8.93. The maximum atomic E-state index is 2.45. The second-order valence-electron chi connectivity index (χ2n) is 3.95. The first-order chi connectivity index (χ1) is 6.18. The largest absolute Gasteiger partial charge is 1.00 e. The van der Waals surface area contributed by atoms with E-state index in [2.05, 4.69) is 50.3 Å². The van der Waals surface area contributed by atoms with Crippen molar-refractivity contribution in [2.75, 3.05) is 0 Å². The third-order valence-electron chi connectivity index (χ3n) is 2.42. The Labute approximate surface area is 116 Å². The van der Waals surface area contributed by atoms with E-state index in [1.165, 1.54) is 12.0 Å². The van der Waals surface area contributed by atoms with Gasteiger partial charge in [-0.05, 0) is 0 Å². The third-order valence-corrected chi connectivity index (χ3v) is 7.96. The summed E-state index contributed by atoms with van der Waals surface area (Å²) >= 11 is -0.650. The van der Waals surface area contributed by atoms with E-state index in [9.17, 15) is 0 Å². The van der Waals surface area contributed by atoms with Gasteiger partial charge in [-0.25, -0.2) is 0 Å². The molecule has 0 aromatic carbocycles. The van der Waals surface area contributed by atoms with Crippen LogP contribution in [-0.2, 0) is 22.9 Å². The summed E-state index contributed by atoms with van der Waals surface area (Å²) in [5, 5.41) is 0. The number of halogens is 2. The molecule has 0 aromatic heterocycles. The normalized spacial score (nSPS) is 26.3. The van der Waals surface area contributed by atoms with Crippen LogP contribution < -0.4 is 24.8 Å². The smallest absolute Gasteiger partial charge is 1.00 e. The van der Waals surface area contributed by atoms with Gasteiger partial charge in [0.05, 0.1) is 0 Å². The van der Waals surface area contributed by atoms with Gasteiger partial charge in [0, 0.05) is 0 Å². The van der Waals surface area contributed by atoms with Gasteiger partial charge in [-0.3, -0.25) is 0 Å². The molecule has 0 amide bonds. The quantitative estimate of drug-likeness (QED) is 0.449. The van der Waals surface area contributed by atoms with Crippen LogP contribution in [0.2, 0.25) is 3.17 Å². The van der Waals surface area contributed by atoms with Crippen molar-refractivity contribution in [3.63, 3.8) is 0 Å². The summed E-state index contributed by atoms with van der Waals surface area (Å²) in [6.45, 7) is 4.59. The molecule has 0 bridgehead atoms. The molecule has 0 nitrogen and oxygen atoms in total. The molecule has 2 aliphatic rings. The van der Waals surface area contributed by atoms with Gasteiger partial charge >= 0.3 is 91.7 Å². The third kappa shape index (κ3) is 4.05. The zero-order valence-corrected chi connectivity index (χ0v) is 14.0. The molecule has 15 heavy (non-hydrogen) atoms. The Balaban J connectivity index is 0.000000980. The van der Waals surface area contributed by atoms with Gasteiger partial charge in [0.1, 0.15) is 0 Å². The van der Waals surface area contributed by atoms with Crippen LogP contribution in [0, 0.1) is 0 Å². The van der Waals surface area contributed by atoms with E-state index in [0.717, 1.165) is 0 Å². The molecule has 0 heterocycles. The van der Waals surface area contributed by atoms with E-state index in [0.29, 0.717) is 3.17 Å². The molecule has 2 aliphatic carbocycles. The first-order valence-corrected chi connectivity index (χ1v) is 8.30. The number of rotatable bonds is 2. The minimum atomic E-state index is -0.650. The molecule has 1 unspecified atom stereocenters. The van der Waals surface area contributed by atoms with Crippen LogP contribution in [0.3, 0.4) is 0 Å². The standard InChI is InChI=1S/C7H9.C5H5.2ClH.Hf/c1-6-3-4-7(2)5-6;1-2-4-5-3-1;;;/h3-5H,1-2H3;1-3H,4H2;2*1H;/q;;;;+2/p-2. The van der Waals surface area contributed by atoms with Crippen molar-refractivity contribution >= 4 is 0 Å². The molecule has 1 atom stereocenters. The van der Waals surface area contributed by atoms with E-state index in [-0.39, 0.29) is 24.8 Å². The summed E-state index contributed by atoms with van der Waals surface area (Å²) in [5.74, 6) is 0. The number of hydrogen-bond acceptors (Lipinski definition) is 0. The fourth-order valence-electron chi connectivity index (χ4n) is 1.84. The fraction of sp³-hybridized carbons (Fsp3) is 0.333. The van der Waals surface area contributed by atoms with Crippen molar-refractivity contribution < 1.29 is 47.7 Å². The van der Waals surface area contributed by atoms with Crippen LogP contribution in [0.15, 0.2) is 45.4 Å². The molecule has 0 saturated carbocycles. The molecule has 0 spiro atoms. The van der Waals surface area contributed by atoms with E-state index >= 15 is 0 Å². The topological polar surface area (TPSA) is 0 Å². The van der Waals surface area contributed by atoms with Crippen LogP contribution in [0.5, 0.6) is 0 Å².